The van der Waals surface area contributed by atoms with E-state index in [0.717, 1.165) is 17.2 Å². The van der Waals surface area contributed by atoms with Gasteiger partial charge in [-0.25, -0.2) is 14.0 Å². The number of benzene rings is 3. The summed E-state index contributed by atoms with van der Waals surface area (Å²) in [6, 6.07) is 14.5. The van der Waals surface area contributed by atoms with Crippen LogP contribution in [-0.4, -0.2) is 34.7 Å². The lowest BCUT2D eigenvalue weighted by molar-refractivity contribution is -0.0487. The van der Waals surface area contributed by atoms with E-state index in [4.69, 9.17) is 14.2 Å². The Labute approximate surface area is 250 Å². The maximum Gasteiger partial charge on any atom is 0.410 e. The van der Waals surface area contributed by atoms with E-state index in [9.17, 15) is 23.2 Å². The second kappa shape index (κ2) is 11.7. The molecule has 3 aromatic carbocycles. The number of hydrogen-bond acceptors (Lipinski definition) is 6. The highest BCUT2D eigenvalue weighted by atomic mass is 19.3. The molecule has 1 aliphatic heterocycles. The van der Waals surface area contributed by atoms with Crippen LogP contribution in [0.2, 0.25) is 0 Å². The molecule has 0 bridgehead atoms. The van der Waals surface area contributed by atoms with Crippen molar-refractivity contribution in [3.63, 3.8) is 0 Å². The van der Waals surface area contributed by atoms with Gasteiger partial charge in [-0.15, -0.1) is 0 Å². The monoisotopic (exact) mass is 606 g/mol. The maximum atomic E-state index is 16.0. The minimum absolute atomic E-state index is 0.0196. The Morgan fingerprint density at radius 2 is 1.80 bits per heavy atom. The van der Waals surface area contributed by atoms with Crippen LogP contribution in [0.15, 0.2) is 65.6 Å². The quantitative estimate of drug-likeness (QED) is 0.198. The third-order valence-electron chi connectivity index (χ3n) is 8.00. The normalized spacial score (nSPS) is 15.9. The van der Waals surface area contributed by atoms with E-state index in [1.165, 1.54) is 15.7 Å². The number of halogens is 3. The number of pyridine rings is 1. The lowest BCUT2D eigenvalue weighted by atomic mass is 9.95. The van der Waals surface area contributed by atoms with Gasteiger partial charge < -0.3 is 18.8 Å². The fourth-order valence-corrected chi connectivity index (χ4v) is 5.72. The van der Waals surface area contributed by atoms with Crippen LogP contribution in [0.25, 0.3) is 22.0 Å². The Hall–Kier alpha value is -4.80. The summed E-state index contributed by atoms with van der Waals surface area (Å²) >= 11 is 0. The first-order valence-electron chi connectivity index (χ1n) is 14.3. The molecule has 0 spiro atoms. The van der Waals surface area contributed by atoms with Crippen molar-refractivity contribution >= 4 is 23.0 Å². The van der Waals surface area contributed by atoms with Gasteiger partial charge in [-0.05, 0) is 61.1 Å². The summed E-state index contributed by atoms with van der Waals surface area (Å²) < 4.78 is 60.8. The summed E-state index contributed by atoms with van der Waals surface area (Å²) in [4.78, 5) is 40.4. The molecule has 0 saturated heterocycles. The minimum Gasteiger partial charge on any atom is -0.462 e. The molecule has 1 unspecified atom stereocenters. The Morgan fingerprint density at radius 3 is 2.48 bits per heavy atom. The molecule has 2 heterocycles. The van der Waals surface area contributed by atoms with Crippen molar-refractivity contribution in [1.29, 1.82) is 0 Å². The Bertz CT molecular complexity index is 1820. The van der Waals surface area contributed by atoms with Crippen LogP contribution in [0.4, 0.5) is 18.0 Å². The third kappa shape index (κ3) is 5.38. The average Bonchev–Trinajstić information content (AvgIpc) is 3.80. The molecular formula is C33H29F3N2O6. The second-order valence-corrected chi connectivity index (χ2v) is 10.8. The Kier molecular flexibility index (Phi) is 7.79. The van der Waals surface area contributed by atoms with Crippen LogP contribution in [0.3, 0.4) is 0 Å². The first-order valence-corrected chi connectivity index (χ1v) is 14.3. The fraction of sp³-hybridized carbons (Fsp3) is 0.303. The molecule has 4 aromatic rings. The molecule has 1 aliphatic carbocycles. The van der Waals surface area contributed by atoms with Crippen molar-refractivity contribution < 1.29 is 37.0 Å². The largest absolute Gasteiger partial charge is 0.462 e. The molecule has 6 rings (SSSR count). The predicted octanol–water partition coefficient (Wildman–Crippen LogP) is 7.13. The van der Waals surface area contributed by atoms with Crippen LogP contribution in [0.5, 0.6) is 5.75 Å². The van der Waals surface area contributed by atoms with E-state index in [-0.39, 0.29) is 53.4 Å². The summed E-state index contributed by atoms with van der Waals surface area (Å²) in [6.07, 6.45) is 2.11. The van der Waals surface area contributed by atoms with Crippen molar-refractivity contribution in [2.24, 2.45) is 0 Å². The van der Waals surface area contributed by atoms with Crippen LogP contribution in [0.1, 0.15) is 65.8 Å². The predicted molar refractivity (Wildman–Crippen MR) is 155 cm³/mol. The van der Waals surface area contributed by atoms with E-state index in [2.05, 4.69) is 0 Å². The van der Waals surface area contributed by atoms with E-state index in [1.807, 2.05) is 30.3 Å². The lowest BCUT2D eigenvalue weighted by Gasteiger charge is -2.22. The van der Waals surface area contributed by atoms with Gasteiger partial charge in [0, 0.05) is 18.8 Å². The molecule has 0 radical (unpaired) electrons. The highest BCUT2D eigenvalue weighted by Gasteiger charge is 2.34. The van der Waals surface area contributed by atoms with Gasteiger partial charge in [0.2, 0.25) is 5.43 Å². The molecule has 1 atom stereocenters. The molecule has 2 aliphatic rings. The molecular weight excluding hydrogens is 577 g/mol. The molecule has 1 aromatic heterocycles. The summed E-state index contributed by atoms with van der Waals surface area (Å²) in [5, 5.41) is -0.263. The van der Waals surface area contributed by atoms with Crippen molar-refractivity contribution in [2.45, 2.75) is 58.5 Å². The zero-order valence-corrected chi connectivity index (χ0v) is 24.0. The van der Waals surface area contributed by atoms with Gasteiger partial charge in [-0.2, -0.15) is 8.78 Å². The van der Waals surface area contributed by atoms with Crippen molar-refractivity contribution in [3.8, 4) is 16.9 Å². The zero-order valence-electron chi connectivity index (χ0n) is 24.0. The number of carbonyl (C=O) groups is 2. The van der Waals surface area contributed by atoms with Gasteiger partial charge in [0.05, 0.1) is 29.1 Å². The van der Waals surface area contributed by atoms with Crippen LogP contribution >= 0.6 is 0 Å². The highest BCUT2D eigenvalue weighted by molar-refractivity contribution is 5.98. The lowest BCUT2D eigenvalue weighted by Crippen LogP contribution is -2.28. The molecule has 8 nitrogen and oxygen atoms in total. The summed E-state index contributed by atoms with van der Waals surface area (Å²) in [7, 11) is 0. The second-order valence-electron chi connectivity index (χ2n) is 10.8. The van der Waals surface area contributed by atoms with Gasteiger partial charge in [0.1, 0.15) is 18.0 Å². The van der Waals surface area contributed by atoms with E-state index in [0.29, 0.717) is 18.4 Å². The van der Waals surface area contributed by atoms with Crippen molar-refractivity contribution in [2.75, 3.05) is 6.61 Å². The minimum atomic E-state index is -3.32. The molecule has 0 N–H and O–H groups in total. The summed E-state index contributed by atoms with van der Waals surface area (Å²) in [5.41, 5.74) is 1.12. The molecule has 1 fully saturated rings. The van der Waals surface area contributed by atoms with Crippen molar-refractivity contribution in [3.05, 3.63) is 99.1 Å². The molecule has 1 amide bonds. The number of ether oxygens (including phenoxy) is 3. The number of amides is 1. The number of aromatic nitrogens is 1. The molecule has 1 saturated carbocycles. The number of nitrogens with zero attached hydrogens (tertiary/aromatic N) is 2. The van der Waals surface area contributed by atoms with E-state index in [1.54, 1.807) is 32.0 Å². The van der Waals surface area contributed by atoms with Gasteiger partial charge in [-0.3, -0.25) is 9.69 Å². The van der Waals surface area contributed by atoms with E-state index >= 15 is 4.39 Å². The summed E-state index contributed by atoms with van der Waals surface area (Å²) in [6.45, 7) is 0.433. The van der Waals surface area contributed by atoms with Gasteiger partial charge in [0.15, 0.2) is 5.75 Å². The van der Waals surface area contributed by atoms with Gasteiger partial charge in [-0.1, -0.05) is 42.5 Å². The SMILES string of the molecule is CCOC(=O)c1cn(C2CC2)c2c(OC(F)F)c(-c3ccc4c(c3)C(C)N(C(=O)OCc3ccccc3)C4)c(F)cc2c1=O. The number of carbonyl (C=O) groups excluding carboxylic acids is 2. The number of esters is 1. The highest BCUT2D eigenvalue weighted by Crippen LogP contribution is 2.46. The molecule has 11 heteroatoms. The zero-order chi connectivity index (χ0) is 31.1. The van der Waals surface area contributed by atoms with E-state index < -0.39 is 41.7 Å². The molecule has 44 heavy (non-hydrogen) atoms. The summed E-state index contributed by atoms with van der Waals surface area (Å²) in [5.74, 6) is -2.36. The first kappa shape index (κ1) is 29.3. The topological polar surface area (TPSA) is 87.1 Å². The maximum absolute atomic E-state index is 16.0. The Balaban J connectivity index is 1.42. The smallest absolute Gasteiger partial charge is 0.410 e. The average molecular weight is 607 g/mol. The number of hydrogen-bond donors (Lipinski definition) is 0. The number of fused-ring (bicyclic) bond motifs is 2. The fourth-order valence-electron chi connectivity index (χ4n) is 5.72. The molecule has 228 valence electrons. The van der Waals surface area contributed by atoms with Gasteiger partial charge >= 0.3 is 18.7 Å². The van der Waals surface area contributed by atoms with Crippen LogP contribution < -0.4 is 10.2 Å². The Morgan fingerprint density at radius 1 is 1.05 bits per heavy atom. The first-order chi connectivity index (χ1) is 21.2. The standard InChI is InChI=1S/C33H29F3N2O6/c1-3-42-31(40)25-16-38(22-11-12-22)28-24(29(25)39)14-26(34)27(30(28)44-32(35)36)20-9-10-21-15-37(18(2)23(21)13-20)33(41)43-17-19-7-5-4-6-8-19/h4-10,13-14,16,18,22,32H,3,11-12,15,17H2,1-2H3. The van der Waals surface area contributed by atoms with Gasteiger partial charge in [0.25, 0.3) is 0 Å². The number of alkyl halides is 2. The van der Waals surface area contributed by atoms with Crippen LogP contribution in [-0.2, 0) is 22.6 Å². The third-order valence-corrected chi connectivity index (χ3v) is 8.00. The van der Waals surface area contributed by atoms with Crippen molar-refractivity contribution in [1.82, 2.24) is 9.47 Å². The number of rotatable bonds is 8. The van der Waals surface area contributed by atoms with Crippen LogP contribution in [0, 0.1) is 5.82 Å².